The molecule has 0 aliphatic rings. The summed E-state index contributed by atoms with van der Waals surface area (Å²) in [5.74, 6) is 0.836. The smallest absolute Gasteiger partial charge is 0.220 e. The van der Waals surface area contributed by atoms with E-state index in [1.807, 2.05) is 45.0 Å². The molecule has 2 N–H and O–H groups in total. The highest BCUT2D eigenvalue weighted by atomic mass is 16.5. The van der Waals surface area contributed by atoms with Crippen LogP contribution in [-0.2, 0) is 11.2 Å². The Balaban J connectivity index is 2.41. The molecule has 0 heterocycles. The molecule has 0 fully saturated rings. The summed E-state index contributed by atoms with van der Waals surface area (Å²) in [7, 11) is 0. The molecule has 0 aliphatic carbocycles. The second kappa shape index (κ2) is 7.90. The van der Waals surface area contributed by atoms with Crippen molar-refractivity contribution in [1.82, 2.24) is 5.32 Å². The minimum atomic E-state index is -0.211. The zero-order valence-corrected chi connectivity index (χ0v) is 12.6. The molecule has 4 nitrogen and oxygen atoms in total. The first-order chi connectivity index (χ1) is 9.40. The minimum Gasteiger partial charge on any atom is -0.488 e. The van der Waals surface area contributed by atoms with Gasteiger partial charge in [-0.2, -0.15) is 0 Å². The third-order valence-electron chi connectivity index (χ3n) is 2.62. The van der Waals surface area contributed by atoms with Gasteiger partial charge in [0.2, 0.25) is 5.91 Å². The van der Waals surface area contributed by atoms with E-state index in [2.05, 4.69) is 5.32 Å². The van der Waals surface area contributed by atoms with E-state index in [0.717, 1.165) is 17.7 Å². The average Bonchev–Trinajstić information content (AvgIpc) is 2.35. The summed E-state index contributed by atoms with van der Waals surface area (Å²) < 4.78 is 5.81. The maximum atomic E-state index is 11.4. The number of benzene rings is 1. The summed E-state index contributed by atoms with van der Waals surface area (Å²) in [6.07, 6.45) is 1.66. The van der Waals surface area contributed by atoms with Crippen molar-refractivity contribution < 1.29 is 14.6 Å². The molecule has 112 valence electrons. The fraction of sp³-hybridized carbons (Fsp3) is 0.562. The maximum absolute atomic E-state index is 11.4. The second-order valence-corrected chi connectivity index (χ2v) is 5.79. The van der Waals surface area contributed by atoms with Crippen molar-refractivity contribution in [2.75, 3.05) is 13.2 Å². The first-order valence-corrected chi connectivity index (χ1v) is 7.06. The van der Waals surface area contributed by atoms with Crippen LogP contribution >= 0.6 is 0 Å². The van der Waals surface area contributed by atoms with E-state index < -0.39 is 0 Å². The Bertz CT molecular complexity index is 424. The monoisotopic (exact) mass is 279 g/mol. The molecule has 1 rings (SSSR count). The molecule has 0 aromatic heterocycles. The molecule has 20 heavy (non-hydrogen) atoms. The minimum absolute atomic E-state index is 0.0128. The van der Waals surface area contributed by atoms with Gasteiger partial charge < -0.3 is 15.2 Å². The van der Waals surface area contributed by atoms with Crippen LogP contribution in [0.2, 0.25) is 0 Å². The van der Waals surface area contributed by atoms with Crippen molar-refractivity contribution in [2.24, 2.45) is 0 Å². The molecular weight excluding hydrogens is 254 g/mol. The van der Waals surface area contributed by atoms with Crippen LogP contribution in [0, 0.1) is 0 Å². The first-order valence-electron chi connectivity index (χ1n) is 7.06. The predicted molar refractivity (Wildman–Crippen MR) is 79.9 cm³/mol. The van der Waals surface area contributed by atoms with Gasteiger partial charge in [0, 0.05) is 19.6 Å². The van der Waals surface area contributed by atoms with Crippen molar-refractivity contribution in [3.05, 3.63) is 29.8 Å². The Morgan fingerprint density at radius 3 is 2.75 bits per heavy atom. The topological polar surface area (TPSA) is 58.6 Å². The summed E-state index contributed by atoms with van der Waals surface area (Å²) in [6.45, 7) is 6.70. The molecular formula is C16H25NO3. The number of aliphatic hydroxyl groups is 1. The molecule has 0 bridgehead atoms. The van der Waals surface area contributed by atoms with Gasteiger partial charge in [0.1, 0.15) is 11.4 Å². The molecule has 0 aliphatic heterocycles. The molecule has 0 unspecified atom stereocenters. The maximum Gasteiger partial charge on any atom is 0.220 e. The second-order valence-electron chi connectivity index (χ2n) is 5.79. The van der Waals surface area contributed by atoms with Gasteiger partial charge in [-0.25, -0.2) is 0 Å². The Hall–Kier alpha value is -1.55. The zero-order chi connectivity index (χ0) is 15.0. The highest BCUT2D eigenvalue weighted by Gasteiger charge is 2.11. The fourth-order valence-corrected chi connectivity index (χ4v) is 1.79. The summed E-state index contributed by atoms with van der Waals surface area (Å²) in [6, 6.07) is 7.93. The van der Waals surface area contributed by atoms with Crippen molar-refractivity contribution >= 4 is 5.91 Å². The Morgan fingerprint density at radius 1 is 1.35 bits per heavy atom. The summed E-state index contributed by atoms with van der Waals surface area (Å²) in [5, 5.41) is 11.5. The Labute approximate surface area is 121 Å². The SMILES string of the molecule is CC(C)(C)Oc1cccc(CCNC(=O)CCCO)c1. The van der Waals surface area contributed by atoms with E-state index in [4.69, 9.17) is 9.84 Å². The predicted octanol–water partition coefficient (Wildman–Crippen LogP) is 2.30. The number of hydrogen-bond donors (Lipinski definition) is 2. The lowest BCUT2D eigenvalue weighted by molar-refractivity contribution is -0.121. The van der Waals surface area contributed by atoms with Crippen LogP contribution in [-0.4, -0.2) is 29.8 Å². The Kier molecular flexibility index (Phi) is 6.52. The van der Waals surface area contributed by atoms with Crippen LogP contribution in [0.25, 0.3) is 0 Å². The largest absolute Gasteiger partial charge is 0.488 e. The quantitative estimate of drug-likeness (QED) is 0.805. The number of aliphatic hydroxyl groups excluding tert-OH is 1. The molecule has 0 radical (unpaired) electrons. The van der Waals surface area contributed by atoms with E-state index in [9.17, 15) is 4.79 Å². The number of rotatable bonds is 7. The number of hydrogen-bond acceptors (Lipinski definition) is 3. The number of carbonyl (C=O) groups is 1. The van der Waals surface area contributed by atoms with E-state index in [1.165, 1.54) is 0 Å². The highest BCUT2D eigenvalue weighted by Crippen LogP contribution is 2.19. The zero-order valence-electron chi connectivity index (χ0n) is 12.6. The molecule has 4 heteroatoms. The van der Waals surface area contributed by atoms with Crippen LogP contribution in [0.1, 0.15) is 39.2 Å². The molecule has 1 amide bonds. The van der Waals surface area contributed by atoms with E-state index >= 15 is 0 Å². The lowest BCUT2D eigenvalue weighted by atomic mass is 10.1. The molecule has 0 spiro atoms. The molecule has 0 saturated heterocycles. The number of amides is 1. The summed E-state index contributed by atoms with van der Waals surface area (Å²) in [4.78, 5) is 11.4. The van der Waals surface area contributed by atoms with Gasteiger partial charge in [-0.05, 0) is 51.3 Å². The van der Waals surface area contributed by atoms with E-state index in [0.29, 0.717) is 19.4 Å². The van der Waals surface area contributed by atoms with Crippen molar-refractivity contribution in [2.45, 2.75) is 45.6 Å². The fourth-order valence-electron chi connectivity index (χ4n) is 1.79. The van der Waals surface area contributed by atoms with E-state index in [-0.39, 0.29) is 18.1 Å². The van der Waals surface area contributed by atoms with Crippen molar-refractivity contribution in [3.8, 4) is 5.75 Å². The van der Waals surface area contributed by atoms with Gasteiger partial charge in [0.25, 0.3) is 0 Å². The first kappa shape index (κ1) is 16.5. The number of carbonyl (C=O) groups excluding carboxylic acids is 1. The van der Waals surface area contributed by atoms with Gasteiger partial charge >= 0.3 is 0 Å². The number of ether oxygens (including phenoxy) is 1. The third kappa shape index (κ3) is 7.14. The summed E-state index contributed by atoms with van der Waals surface area (Å²) >= 11 is 0. The molecule has 0 saturated carbocycles. The van der Waals surface area contributed by atoms with Gasteiger partial charge in [-0.3, -0.25) is 4.79 Å². The van der Waals surface area contributed by atoms with Crippen LogP contribution in [0.3, 0.4) is 0 Å². The van der Waals surface area contributed by atoms with Gasteiger partial charge in [0.05, 0.1) is 0 Å². The van der Waals surface area contributed by atoms with Crippen LogP contribution in [0.15, 0.2) is 24.3 Å². The van der Waals surface area contributed by atoms with Crippen LogP contribution in [0.5, 0.6) is 5.75 Å². The van der Waals surface area contributed by atoms with Crippen LogP contribution < -0.4 is 10.1 Å². The molecule has 1 aromatic carbocycles. The van der Waals surface area contributed by atoms with Gasteiger partial charge in [-0.15, -0.1) is 0 Å². The third-order valence-corrected chi connectivity index (χ3v) is 2.62. The Morgan fingerprint density at radius 2 is 2.10 bits per heavy atom. The highest BCUT2D eigenvalue weighted by molar-refractivity contribution is 5.75. The van der Waals surface area contributed by atoms with Crippen molar-refractivity contribution in [1.29, 1.82) is 0 Å². The standard InChI is InChI=1S/C16H25NO3/c1-16(2,3)20-14-7-4-6-13(12-14)9-10-17-15(19)8-5-11-18/h4,6-7,12,18H,5,8-11H2,1-3H3,(H,17,19). The number of nitrogens with one attached hydrogen (secondary N) is 1. The molecule has 1 aromatic rings. The van der Waals surface area contributed by atoms with Gasteiger partial charge in [-0.1, -0.05) is 12.1 Å². The van der Waals surface area contributed by atoms with Crippen LogP contribution in [0.4, 0.5) is 0 Å². The summed E-state index contributed by atoms with van der Waals surface area (Å²) in [5.41, 5.74) is 0.922. The van der Waals surface area contributed by atoms with E-state index in [1.54, 1.807) is 0 Å². The lowest BCUT2D eigenvalue weighted by Gasteiger charge is -2.21. The van der Waals surface area contributed by atoms with Gasteiger partial charge in [0.15, 0.2) is 0 Å². The van der Waals surface area contributed by atoms with Crippen molar-refractivity contribution in [3.63, 3.8) is 0 Å². The molecule has 0 atom stereocenters. The average molecular weight is 279 g/mol. The normalized spacial score (nSPS) is 11.2. The lowest BCUT2D eigenvalue weighted by Crippen LogP contribution is -2.25.